The smallest absolute Gasteiger partial charge is 0.216 e. The highest BCUT2D eigenvalue weighted by atomic mass is 32.2. The number of ether oxygens (including phenoxy) is 1. The van der Waals surface area contributed by atoms with Gasteiger partial charge in [-0.25, -0.2) is 18.4 Å². The summed E-state index contributed by atoms with van der Waals surface area (Å²) in [4.78, 5) is 8.36. The highest BCUT2D eigenvalue weighted by Crippen LogP contribution is 2.24. The Labute approximate surface area is 139 Å². The molecule has 1 aliphatic rings. The van der Waals surface area contributed by atoms with Gasteiger partial charge in [0.1, 0.15) is 12.1 Å². The van der Waals surface area contributed by atoms with Gasteiger partial charge in [-0.05, 0) is 25.3 Å². The zero-order valence-electron chi connectivity index (χ0n) is 13.1. The fourth-order valence-electron chi connectivity index (χ4n) is 2.70. The SMILES string of the molecule is C[C@@H]1CN(S(=O)(=O)CCNc2ncnc3ccsc23)C[C@H](C)O1. The van der Waals surface area contributed by atoms with E-state index in [1.165, 1.54) is 22.0 Å². The van der Waals surface area contributed by atoms with Gasteiger partial charge in [0.2, 0.25) is 10.0 Å². The maximum atomic E-state index is 12.5. The molecule has 0 saturated carbocycles. The molecule has 0 spiro atoms. The van der Waals surface area contributed by atoms with E-state index in [1.807, 2.05) is 25.3 Å². The number of nitrogens with zero attached hydrogens (tertiary/aromatic N) is 3. The van der Waals surface area contributed by atoms with Gasteiger partial charge in [0.25, 0.3) is 0 Å². The quantitative estimate of drug-likeness (QED) is 0.875. The number of anilines is 1. The first-order valence-electron chi connectivity index (χ1n) is 7.51. The van der Waals surface area contributed by atoms with Crippen LogP contribution in [0.5, 0.6) is 0 Å². The molecule has 0 aromatic carbocycles. The van der Waals surface area contributed by atoms with Crippen molar-refractivity contribution in [2.45, 2.75) is 26.1 Å². The van der Waals surface area contributed by atoms with Crippen LogP contribution >= 0.6 is 11.3 Å². The van der Waals surface area contributed by atoms with Crippen molar-refractivity contribution in [2.75, 3.05) is 30.7 Å². The van der Waals surface area contributed by atoms with Crippen molar-refractivity contribution in [1.29, 1.82) is 0 Å². The van der Waals surface area contributed by atoms with Crippen molar-refractivity contribution in [3.8, 4) is 0 Å². The third-order valence-electron chi connectivity index (χ3n) is 3.68. The summed E-state index contributed by atoms with van der Waals surface area (Å²) >= 11 is 1.54. The van der Waals surface area contributed by atoms with Gasteiger partial charge in [-0.1, -0.05) is 0 Å². The van der Waals surface area contributed by atoms with Crippen LogP contribution in [0.15, 0.2) is 17.8 Å². The molecule has 3 heterocycles. The van der Waals surface area contributed by atoms with Crippen LogP contribution in [0.4, 0.5) is 5.82 Å². The largest absolute Gasteiger partial charge is 0.373 e. The normalized spacial score (nSPS) is 23.2. The molecule has 0 bridgehead atoms. The Morgan fingerprint density at radius 2 is 2.09 bits per heavy atom. The molecule has 2 atom stereocenters. The number of hydrogen-bond acceptors (Lipinski definition) is 7. The second-order valence-electron chi connectivity index (χ2n) is 5.67. The van der Waals surface area contributed by atoms with Crippen LogP contribution in [0.3, 0.4) is 0 Å². The molecule has 1 saturated heterocycles. The number of hydrogen-bond donors (Lipinski definition) is 1. The summed E-state index contributed by atoms with van der Waals surface area (Å²) in [6.07, 6.45) is 1.33. The molecule has 2 aromatic heterocycles. The van der Waals surface area contributed by atoms with E-state index in [4.69, 9.17) is 4.74 Å². The summed E-state index contributed by atoms with van der Waals surface area (Å²) in [6, 6.07) is 1.92. The fourth-order valence-corrected chi connectivity index (χ4v) is 5.00. The molecule has 0 amide bonds. The number of morpholine rings is 1. The van der Waals surface area contributed by atoms with Crippen LogP contribution in [0.25, 0.3) is 10.2 Å². The number of rotatable bonds is 5. The Hall–Kier alpha value is -1.29. The molecule has 9 heteroatoms. The maximum Gasteiger partial charge on any atom is 0.216 e. The van der Waals surface area contributed by atoms with E-state index in [-0.39, 0.29) is 18.0 Å². The summed E-state index contributed by atoms with van der Waals surface area (Å²) in [5.74, 6) is 0.715. The van der Waals surface area contributed by atoms with Gasteiger partial charge in [0.05, 0.1) is 28.2 Å². The van der Waals surface area contributed by atoms with Gasteiger partial charge in [0, 0.05) is 19.6 Å². The van der Waals surface area contributed by atoms with Gasteiger partial charge >= 0.3 is 0 Å². The number of thiophene rings is 1. The predicted octanol–water partition coefficient (Wildman–Crippen LogP) is 1.54. The minimum atomic E-state index is -3.31. The van der Waals surface area contributed by atoms with Gasteiger partial charge in [-0.15, -0.1) is 11.3 Å². The first-order chi connectivity index (χ1) is 11.0. The van der Waals surface area contributed by atoms with Crippen LogP contribution in [0.1, 0.15) is 13.8 Å². The second-order valence-corrected chi connectivity index (χ2v) is 8.68. The highest BCUT2D eigenvalue weighted by molar-refractivity contribution is 7.89. The average Bonchev–Trinajstić information content (AvgIpc) is 2.95. The zero-order valence-corrected chi connectivity index (χ0v) is 14.7. The number of sulfonamides is 1. The summed E-state index contributed by atoms with van der Waals surface area (Å²) in [7, 11) is -3.31. The number of nitrogens with one attached hydrogen (secondary N) is 1. The lowest BCUT2D eigenvalue weighted by atomic mass is 10.3. The second kappa shape index (κ2) is 6.68. The Morgan fingerprint density at radius 3 is 2.83 bits per heavy atom. The van der Waals surface area contributed by atoms with Gasteiger partial charge in [-0.2, -0.15) is 4.31 Å². The molecule has 0 aliphatic carbocycles. The first-order valence-corrected chi connectivity index (χ1v) is 10.00. The van der Waals surface area contributed by atoms with Crippen molar-refractivity contribution in [3.05, 3.63) is 17.8 Å². The molecular weight excluding hydrogens is 336 g/mol. The van der Waals surface area contributed by atoms with Gasteiger partial charge in [-0.3, -0.25) is 0 Å². The minimum Gasteiger partial charge on any atom is -0.373 e. The van der Waals surface area contributed by atoms with Gasteiger partial charge in [0.15, 0.2) is 0 Å². The van der Waals surface area contributed by atoms with E-state index in [2.05, 4.69) is 15.3 Å². The van der Waals surface area contributed by atoms with E-state index < -0.39 is 10.0 Å². The average molecular weight is 356 g/mol. The number of fused-ring (bicyclic) bond motifs is 1. The Bertz CT molecular complexity index is 767. The van der Waals surface area contributed by atoms with Crippen molar-refractivity contribution in [2.24, 2.45) is 0 Å². The van der Waals surface area contributed by atoms with Crippen molar-refractivity contribution < 1.29 is 13.2 Å². The molecule has 1 fully saturated rings. The lowest BCUT2D eigenvalue weighted by Crippen LogP contribution is -2.49. The fraction of sp³-hybridized carbons (Fsp3) is 0.571. The Morgan fingerprint density at radius 1 is 1.35 bits per heavy atom. The van der Waals surface area contributed by atoms with E-state index in [9.17, 15) is 8.42 Å². The standard InChI is InChI=1S/C14H20N4O3S2/c1-10-7-18(8-11(2)21-10)23(19,20)6-4-15-14-13-12(3-5-22-13)16-9-17-14/h3,5,9-11H,4,6-8H2,1-2H3,(H,15,16,17)/t10-,11+. The molecule has 126 valence electrons. The summed E-state index contributed by atoms with van der Waals surface area (Å²) < 4.78 is 33.0. The summed E-state index contributed by atoms with van der Waals surface area (Å²) in [6.45, 7) is 4.92. The predicted molar refractivity (Wildman–Crippen MR) is 91.3 cm³/mol. The third kappa shape index (κ3) is 3.79. The van der Waals surface area contributed by atoms with Crippen molar-refractivity contribution >= 4 is 37.4 Å². The topological polar surface area (TPSA) is 84.4 Å². The molecular formula is C14H20N4O3S2. The van der Waals surface area contributed by atoms with Gasteiger partial charge < -0.3 is 10.1 Å². The number of aromatic nitrogens is 2. The lowest BCUT2D eigenvalue weighted by molar-refractivity contribution is -0.0440. The molecule has 0 radical (unpaired) electrons. The molecule has 3 rings (SSSR count). The first kappa shape index (κ1) is 16.6. The van der Waals surface area contributed by atoms with Crippen molar-refractivity contribution in [3.63, 3.8) is 0 Å². The minimum absolute atomic E-state index is 0.0311. The van der Waals surface area contributed by atoms with Crippen LogP contribution in [-0.4, -0.2) is 60.3 Å². The van der Waals surface area contributed by atoms with E-state index in [0.717, 1.165) is 10.2 Å². The maximum absolute atomic E-state index is 12.5. The molecule has 0 unspecified atom stereocenters. The van der Waals surface area contributed by atoms with E-state index in [1.54, 1.807) is 0 Å². The molecule has 7 nitrogen and oxygen atoms in total. The Kier molecular flexibility index (Phi) is 4.81. The zero-order chi connectivity index (χ0) is 16.4. The highest BCUT2D eigenvalue weighted by Gasteiger charge is 2.30. The summed E-state index contributed by atoms with van der Waals surface area (Å²) in [5, 5.41) is 5.06. The van der Waals surface area contributed by atoms with E-state index >= 15 is 0 Å². The van der Waals surface area contributed by atoms with Crippen molar-refractivity contribution in [1.82, 2.24) is 14.3 Å². The summed E-state index contributed by atoms with van der Waals surface area (Å²) in [5.41, 5.74) is 0.867. The Balaban J connectivity index is 1.62. The molecule has 23 heavy (non-hydrogen) atoms. The van der Waals surface area contributed by atoms with Crippen LogP contribution in [-0.2, 0) is 14.8 Å². The third-order valence-corrected chi connectivity index (χ3v) is 6.39. The molecule has 1 aliphatic heterocycles. The monoisotopic (exact) mass is 356 g/mol. The van der Waals surface area contributed by atoms with Crippen LogP contribution in [0, 0.1) is 0 Å². The molecule has 2 aromatic rings. The van der Waals surface area contributed by atoms with Crippen LogP contribution in [0.2, 0.25) is 0 Å². The van der Waals surface area contributed by atoms with E-state index in [0.29, 0.717) is 25.5 Å². The molecule has 1 N–H and O–H groups in total. The lowest BCUT2D eigenvalue weighted by Gasteiger charge is -2.34. The van der Waals surface area contributed by atoms with Crippen LogP contribution < -0.4 is 5.32 Å².